The molecule has 6 nitrogen and oxygen atoms in total. The van der Waals surface area contributed by atoms with E-state index in [-0.39, 0.29) is 17.2 Å². The molecule has 138 valence electrons. The molecule has 2 atom stereocenters. The Morgan fingerprint density at radius 3 is 2.67 bits per heavy atom. The van der Waals surface area contributed by atoms with E-state index in [1.807, 2.05) is 0 Å². The van der Waals surface area contributed by atoms with Gasteiger partial charge < -0.3 is 19.1 Å². The first-order valence-electron chi connectivity index (χ1n) is 9.30. The van der Waals surface area contributed by atoms with E-state index in [0.717, 1.165) is 26.0 Å². The number of rotatable bonds is 4. The van der Waals surface area contributed by atoms with Gasteiger partial charge in [-0.3, -0.25) is 4.90 Å². The molecule has 3 rings (SSSR count). The number of carbonyl (C=O) groups excluding carboxylic acids is 1. The molecule has 0 unspecified atom stereocenters. The average Bonchev–Trinajstić information content (AvgIpc) is 3.10. The number of morpholine rings is 1. The summed E-state index contributed by atoms with van der Waals surface area (Å²) in [5.41, 5.74) is 0.0488. The highest BCUT2D eigenvalue weighted by Gasteiger charge is 2.50. The lowest BCUT2D eigenvalue weighted by Crippen LogP contribution is -2.49. The zero-order chi connectivity index (χ0) is 17.2. The van der Waals surface area contributed by atoms with Gasteiger partial charge in [-0.25, -0.2) is 4.79 Å². The lowest BCUT2D eigenvalue weighted by molar-refractivity contribution is -0.0598. The molecular formula is C18H32N2O4. The van der Waals surface area contributed by atoms with Gasteiger partial charge in [0, 0.05) is 24.7 Å². The molecule has 0 spiro atoms. The van der Waals surface area contributed by atoms with Gasteiger partial charge in [-0.05, 0) is 53.0 Å². The molecule has 0 radical (unpaired) electrons. The van der Waals surface area contributed by atoms with Gasteiger partial charge in [0.1, 0.15) is 6.61 Å². The summed E-state index contributed by atoms with van der Waals surface area (Å²) >= 11 is 0. The molecule has 3 aliphatic rings. The van der Waals surface area contributed by atoms with E-state index in [9.17, 15) is 4.79 Å². The Hall–Kier alpha value is -0.850. The summed E-state index contributed by atoms with van der Waals surface area (Å²) in [4.78, 5) is 16.5. The molecule has 0 aliphatic carbocycles. The highest BCUT2D eigenvalue weighted by molar-refractivity contribution is 5.67. The van der Waals surface area contributed by atoms with Crippen LogP contribution >= 0.6 is 0 Å². The van der Waals surface area contributed by atoms with Gasteiger partial charge in [-0.1, -0.05) is 0 Å². The van der Waals surface area contributed by atoms with E-state index in [4.69, 9.17) is 14.2 Å². The highest BCUT2D eigenvalue weighted by Crippen LogP contribution is 2.43. The van der Waals surface area contributed by atoms with Crippen LogP contribution in [0.2, 0.25) is 0 Å². The molecule has 0 aromatic rings. The van der Waals surface area contributed by atoms with Crippen LogP contribution in [0.1, 0.15) is 46.5 Å². The lowest BCUT2D eigenvalue weighted by atomic mass is 9.95. The summed E-state index contributed by atoms with van der Waals surface area (Å²) in [7, 11) is 0. The summed E-state index contributed by atoms with van der Waals surface area (Å²) < 4.78 is 17.0. The van der Waals surface area contributed by atoms with Crippen LogP contribution in [0.5, 0.6) is 0 Å². The first-order valence-corrected chi connectivity index (χ1v) is 9.30. The third-order valence-electron chi connectivity index (χ3n) is 5.48. The van der Waals surface area contributed by atoms with E-state index in [1.54, 1.807) is 4.90 Å². The zero-order valence-electron chi connectivity index (χ0n) is 15.4. The monoisotopic (exact) mass is 340 g/mol. The van der Waals surface area contributed by atoms with Crippen LogP contribution in [0.4, 0.5) is 4.79 Å². The van der Waals surface area contributed by atoms with Gasteiger partial charge in [0.15, 0.2) is 0 Å². The van der Waals surface area contributed by atoms with Gasteiger partial charge in [0.2, 0.25) is 0 Å². The predicted molar refractivity (Wildman–Crippen MR) is 91.1 cm³/mol. The van der Waals surface area contributed by atoms with Crippen molar-refractivity contribution in [2.75, 3.05) is 46.1 Å². The molecule has 3 fully saturated rings. The van der Waals surface area contributed by atoms with E-state index in [2.05, 4.69) is 25.7 Å². The normalized spacial score (nSPS) is 31.3. The molecule has 24 heavy (non-hydrogen) atoms. The van der Waals surface area contributed by atoms with Crippen LogP contribution in [-0.4, -0.2) is 79.1 Å². The van der Waals surface area contributed by atoms with Crippen molar-refractivity contribution in [3.63, 3.8) is 0 Å². The Morgan fingerprint density at radius 1 is 1.21 bits per heavy atom. The molecule has 6 heteroatoms. The van der Waals surface area contributed by atoms with Gasteiger partial charge >= 0.3 is 6.09 Å². The van der Waals surface area contributed by atoms with Gasteiger partial charge in [0.05, 0.1) is 25.4 Å². The molecule has 0 bridgehead atoms. The van der Waals surface area contributed by atoms with Crippen LogP contribution in [-0.2, 0) is 14.2 Å². The van der Waals surface area contributed by atoms with Crippen LogP contribution in [0, 0.1) is 0 Å². The molecule has 0 saturated carbocycles. The average molecular weight is 340 g/mol. The Balaban J connectivity index is 1.51. The fraction of sp³-hybridized carbons (Fsp3) is 0.944. The fourth-order valence-electron chi connectivity index (χ4n) is 4.14. The molecule has 3 saturated heterocycles. The number of fused-ring (bicyclic) bond motifs is 1. The van der Waals surface area contributed by atoms with Crippen LogP contribution in [0.25, 0.3) is 0 Å². The summed E-state index contributed by atoms with van der Waals surface area (Å²) in [5, 5.41) is 0. The maximum absolute atomic E-state index is 12.2. The Bertz CT molecular complexity index is 445. The number of ether oxygens (including phenoxy) is 3. The standard InChI is InChI=1S/C18H32N2O4/c1-17(2,3)24-14-18-6-4-8-20(18)15(5-7-18)13-23-16(21)19-9-11-22-12-10-19/h15H,4-14H2,1-3H3/t15-,18-/m1/s1. The minimum Gasteiger partial charge on any atom is -0.448 e. The zero-order valence-corrected chi connectivity index (χ0v) is 15.4. The van der Waals surface area contributed by atoms with Crippen molar-refractivity contribution >= 4 is 6.09 Å². The first-order chi connectivity index (χ1) is 11.4. The summed E-state index contributed by atoms with van der Waals surface area (Å²) in [6.45, 7) is 11.2. The van der Waals surface area contributed by atoms with E-state index in [0.29, 0.717) is 39.0 Å². The molecule has 0 aromatic carbocycles. The van der Waals surface area contributed by atoms with Gasteiger partial charge in [0.25, 0.3) is 0 Å². The maximum atomic E-state index is 12.2. The number of carbonyl (C=O) groups is 1. The minimum atomic E-state index is -0.194. The van der Waals surface area contributed by atoms with Gasteiger partial charge in [-0.15, -0.1) is 0 Å². The van der Waals surface area contributed by atoms with Gasteiger partial charge in [-0.2, -0.15) is 0 Å². The molecule has 3 aliphatic heterocycles. The Labute approximate surface area is 145 Å². The first kappa shape index (κ1) is 18.0. The van der Waals surface area contributed by atoms with E-state index < -0.39 is 0 Å². The van der Waals surface area contributed by atoms with Crippen molar-refractivity contribution in [2.45, 2.75) is 63.6 Å². The lowest BCUT2D eigenvalue weighted by Gasteiger charge is -2.37. The smallest absolute Gasteiger partial charge is 0.409 e. The minimum absolute atomic E-state index is 0.107. The third-order valence-corrected chi connectivity index (χ3v) is 5.48. The van der Waals surface area contributed by atoms with Crippen molar-refractivity contribution < 1.29 is 19.0 Å². The largest absolute Gasteiger partial charge is 0.448 e. The quantitative estimate of drug-likeness (QED) is 0.786. The van der Waals surface area contributed by atoms with Crippen molar-refractivity contribution in [3.05, 3.63) is 0 Å². The van der Waals surface area contributed by atoms with Crippen molar-refractivity contribution in [2.24, 2.45) is 0 Å². The number of hydrogen-bond acceptors (Lipinski definition) is 5. The van der Waals surface area contributed by atoms with Crippen LogP contribution in [0.15, 0.2) is 0 Å². The maximum Gasteiger partial charge on any atom is 0.409 e. The Morgan fingerprint density at radius 2 is 1.96 bits per heavy atom. The summed E-state index contributed by atoms with van der Waals surface area (Å²) in [6.07, 6.45) is 4.44. The predicted octanol–water partition coefficient (Wildman–Crippen LogP) is 2.27. The van der Waals surface area contributed by atoms with Crippen molar-refractivity contribution in [1.82, 2.24) is 9.80 Å². The van der Waals surface area contributed by atoms with Crippen molar-refractivity contribution in [1.29, 1.82) is 0 Å². The third kappa shape index (κ3) is 4.03. The fourth-order valence-corrected chi connectivity index (χ4v) is 4.14. The number of amides is 1. The molecule has 0 aromatic heterocycles. The van der Waals surface area contributed by atoms with Crippen LogP contribution < -0.4 is 0 Å². The second-order valence-electron chi connectivity index (χ2n) is 8.29. The number of nitrogens with zero attached hydrogens (tertiary/aromatic N) is 2. The SMILES string of the molecule is CC(C)(C)OC[C@]12CCCN1[C@@H](COC(=O)N1CCOCC1)CC2. The van der Waals surface area contributed by atoms with Crippen molar-refractivity contribution in [3.8, 4) is 0 Å². The second kappa shape index (κ2) is 7.18. The summed E-state index contributed by atoms with van der Waals surface area (Å²) in [6, 6.07) is 0.334. The highest BCUT2D eigenvalue weighted by atomic mass is 16.6. The van der Waals surface area contributed by atoms with E-state index in [1.165, 1.54) is 12.8 Å². The molecule has 1 amide bonds. The number of hydrogen-bond donors (Lipinski definition) is 0. The van der Waals surface area contributed by atoms with Crippen LogP contribution in [0.3, 0.4) is 0 Å². The summed E-state index contributed by atoms with van der Waals surface area (Å²) in [5.74, 6) is 0. The molecular weight excluding hydrogens is 308 g/mol. The topological polar surface area (TPSA) is 51.2 Å². The second-order valence-corrected chi connectivity index (χ2v) is 8.29. The Kier molecular flexibility index (Phi) is 5.37. The molecule has 3 heterocycles. The van der Waals surface area contributed by atoms with E-state index >= 15 is 0 Å². The molecule has 0 N–H and O–H groups in total.